The van der Waals surface area contributed by atoms with E-state index in [1.807, 2.05) is 30.3 Å². The van der Waals surface area contributed by atoms with Crippen LogP contribution in [0.25, 0.3) is 0 Å². The summed E-state index contributed by atoms with van der Waals surface area (Å²) in [5, 5.41) is 11.9. The maximum atomic E-state index is 12.5. The lowest BCUT2D eigenvalue weighted by Crippen LogP contribution is -2.32. The smallest absolute Gasteiger partial charge is 0.336 e. The fourth-order valence-electron chi connectivity index (χ4n) is 2.83. The molecule has 1 heterocycles. The SMILES string of the molecule is CCOC(=O)C1=C(C)NC(C)=C(C(=O)OC)C1c1ccccc1.C[N+](=O)[O-]. The third-order valence-corrected chi connectivity index (χ3v) is 3.79. The van der Waals surface area contributed by atoms with Gasteiger partial charge >= 0.3 is 11.9 Å². The number of nitro groups is 1. The Bertz CT molecular complexity index is 764. The van der Waals surface area contributed by atoms with Crippen LogP contribution in [0, 0.1) is 10.1 Å². The highest BCUT2D eigenvalue weighted by Gasteiger charge is 2.37. The van der Waals surface area contributed by atoms with Crippen molar-refractivity contribution in [1.29, 1.82) is 0 Å². The molecular formula is C19H24N2O6. The summed E-state index contributed by atoms with van der Waals surface area (Å²) >= 11 is 0. The monoisotopic (exact) mass is 376 g/mol. The summed E-state index contributed by atoms with van der Waals surface area (Å²) < 4.78 is 10.1. The summed E-state index contributed by atoms with van der Waals surface area (Å²) in [4.78, 5) is 33.1. The van der Waals surface area contributed by atoms with Gasteiger partial charge in [-0.1, -0.05) is 30.3 Å². The van der Waals surface area contributed by atoms with Crippen LogP contribution in [-0.2, 0) is 19.1 Å². The van der Waals surface area contributed by atoms with Crippen LogP contribution >= 0.6 is 0 Å². The lowest BCUT2D eigenvalue weighted by atomic mass is 9.80. The standard InChI is InChI=1S/C18H21NO4.CH3NO2/c1-5-23-18(21)15-12(3)19-11(2)14(17(20)22-4)16(15)13-9-7-6-8-10-13;1-2(3)4/h6-10,16,19H,5H2,1-4H3;1H3. The minimum absolute atomic E-state index is 0.271. The van der Waals surface area contributed by atoms with Crippen molar-refractivity contribution >= 4 is 11.9 Å². The first-order valence-corrected chi connectivity index (χ1v) is 8.31. The Morgan fingerprint density at radius 2 is 1.59 bits per heavy atom. The van der Waals surface area contributed by atoms with Crippen LogP contribution in [-0.4, -0.2) is 37.6 Å². The number of dihydropyridines is 1. The van der Waals surface area contributed by atoms with Gasteiger partial charge in [-0.25, -0.2) is 9.59 Å². The highest BCUT2D eigenvalue weighted by atomic mass is 16.6. The molecule has 1 aliphatic rings. The second kappa shape index (κ2) is 10.1. The number of carbonyl (C=O) groups is 2. The van der Waals surface area contributed by atoms with E-state index in [2.05, 4.69) is 5.32 Å². The van der Waals surface area contributed by atoms with Crippen molar-refractivity contribution in [2.75, 3.05) is 20.8 Å². The molecule has 1 aromatic rings. The minimum Gasteiger partial charge on any atom is -0.466 e. The van der Waals surface area contributed by atoms with E-state index in [4.69, 9.17) is 19.6 Å². The van der Waals surface area contributed by atoms with E-state index in [0.717, 1.165) is 12.6 Å². The molecule has 0 aromatic heterocycles. The van der Waals surface area contributed by atoms with Crippen LogP contribution in [0.1, 0.15) is 32.3 Å². The van der Waals surface area contributed by atoms with Crippen molar-refractivity contribution in [2.45, 2.75) is 26.7 Å². The number of hydrogen-bond acceptors (Lipinski definition) is 7. The lowest BCUT2D eigenvalue weighted by Gasteiger charge is -2.30. The number of allylic oxidation sites excluding steroid dienone is 2. The molecular weight excluding hydrogens is 352 g/mol. The average molecular weight is 376 g/mol. The molecule has 1 aliphatic heterocycles. The molecule has 0 saturated carbocycles. The number of nitrogens with zero attached hydrogens (tertiary/aromatic N) is 1. The quantitative estimate of drug-likeness (QED) is 0.489. The Morgan fingerprint density at radius 3 is 2.04 bits per heavy atom. The fraction of sp³-hybridized carbons (Fsp3) is 0.368. The number of hydrogen-bond donors (Lipinski definition) is 1. The predicted molar refractivity (Wildman–Crippen MR) is 99.3 cm³/mol. The largest absolute Gasteiger partial charge is 0.466 e. The topological polar surface area (TPSA) is 108 Å². The zero-order valence-electron chi connectivity index (χ0n) is 16.1. The number of benzene rings is 1. The third-order valence-electron chi connectivity index (χ3n) is 3.79. The molecule has 27 heavy (non-hydrogen) atoms. The summed E-state index contributed by atoms with van der Waals surface area (Å²) in [7, 11) is 2.22. The molecule has 0 amide bonds. The summed E-state index contributed by atoms with van der Waals surface area (Å²) in [5.41, 5.74) is 3.06. The highest BCUT2D eigenvalue weighted by molar-refractivity contribution is 5.99. The lowest BCUT2D eigenvalue weighted by molar-refractivity contribution is -0.445. The van der Waals surface area contributed by atoms with Crippen molar-refractivity contribution < 1.29 is 24.0 Å². The molecule has 0 radical (unpaired) electrons. The van der Waals surface area contributed by atoms with Gasteiger partial charge in [-0.15, -0.1) is 0 Å². The van der Waals surface area contributed by atoms with E-state index >= 15 is 0 Å². The first kappa shape index (κ1) is 21.9. The second-order valence-electron chi connectivity index (χ2n) is 5.70. The van der Waals surface area contributed by atoms with Gasteiger partial charge in [0.1, 0.15) is 0 Å². The molecule has 1 aromatic carbocycles. The van der Waals surface area contributed by atoms with Crippen molar-refractivity contribution in [3.05, 3.63) is 68.5 Å². The number of carbonyl (C=O) groups excluding carboxylic acids is 2. The minimum atomic E-state index is -0.510. The van der Waals surface area contributed by atoms with Crippen LogP contribution in [0.5, 0.6) is 0 Å². The number of esters is 2. The summed E-state index contributed by atoms with van der Waals surface area (Å²) in [6.45, 7) is 5.63. The Hall–Kier alpha value is -3.16. The van der Waals surface area contributed by atoms with E-state index in [9.17, 15) is 9.59 Å². The van der Waals surface area contributed by atoms with Crippen molar-refractivity contribution in [3.8, 4) is 0 Å². The Kier molecular flexibility index (Phi) is 8.19. The first-order valence-electron chi connectivity index (χ1n) is 8.31. The predicted octanol–water partition coefficient (Wildman–Crippen LogP) is 2.55. The number of ether oxygens (including phenoxy) is 2. The number of nitrogens with one attached hydrogen (secondary N) is 1. The molecule has 0 aliphatic carbocycles. The van der Waals surface area contributed by atoms with Gasteiger partial charge in [0.25, 0.3) is 0 Å². The Balaban J connectivity index is 0.000000828. The van der Waals surface area contributed by atoms with E-state index in [0.29, 0.717) is 22.5 Å². The summed E-state index contributed by atoms with van der Waals surface area (Å²) in [5.74, 6) is -1.40. The van der Waals surface area contributed by atoms with Crippen LogP contribution in [0.15, 0.2) is 52.9 Å². The number of methoxy groups -OCH3 is 1. The van der Waals surface area contributed by atoms with Gasteiger partial charge in [0.15, 0.2) is 7.05 Å². The van der Waals surface area contributed by atoms with Gasteiger partial charge in [0.05, 0.1) is 30.8 Å². The van der Waals surface area contributed by atoms with E-state index in [-0.39, 0.29) is 6.61 Å². The Morgan fingerprint density at radius 1 is 1.11 bits per heavy atom. The molecule has 0 bridgehead atoms. The van der Waals surface area contributed by atoms with Gasteiger partial charge in [-0.05, 0) is 26.3 Å². The van der Waals surface area contributed by atoms with Crippen LogP contribution < -0.4 is 5.32 Å². The van der Waals surface area contributed by atoms with Gasteiger partial charge < -0.3 is 14.8 Å². The number of rotatable bonds is 4. The normalized spacial score (nSPS) is 16.0. The molecule has 0 fully saturated rings. The summed E-state index contributed by atoms with van der Waals surface area (Å²) in [6, 6.07) is 9.41. The molecule has 2 rings (SSSR count). The highest BCUT2D eigenvalue weighted by Crippen LogP contribution is 2.38. The second-order valence-corrected chi connectivity index (χ2v) is 5.70. The van der Waals surface area contributed by atoms with Crippen LogP contribution in [0.4, 0.5) is 0 Å². The Labute approximate surface area is 158 Å². The zero-order valence-corrected chi connectivity index (χ0v) is 16.1. The molecule has 0 spiro atoms. The molecule has 1 N–H and O–H groups in total. The van der Waals surface area contributed by atoms with Gasteiger partial charge in [-0.3, -0.25) is 10.1 Å². The van der Waals surface area contributed by atoms with Crippen molar-refractivity contribution in [1.82, 2.24) is 5.32 Å². The zero-order chi connectivity index (χ0) is 20.6. The third kappa shape index (κ3) is 5.67. The molecule has 0 saturated heterocycles. The molecule has 1 unspecified atom stereocenters. The van der Waals surface area contributed by atoms with E-state index in [1.54, 1.807) is 20.8 Å². The average Bonchev–Trinajstić information content (AvgIpc) is 2.61. The van der Waals surface area contributed by atoms with Gasteiger partial charge in [0.2, 0.25) is 0 Å². The van der Waals surface area contributed by atoms with Crippen LogP contribution in [0.2, 0.25) is 0 Å². The maximum Gasteiger partial charge on any atom is 0.336 e. The molecule has 1 atom stereocenters. The van der Waals surface area contributed by atoms with Gasteiger partial charge in [0, 0.05) is 16.3 Å². The molecule has 8 nitrogen and oxygen atoms in total. The molecule has 146 valence electrons. The van der Waals surface area contributed by atoms with Gasteiger partial charge in [-0.2, -0.15) is 0 Å². The fourth-order valence-corrected chi connectivity index (χ4v) is 2.83. The van der Waals surface area contributed by atoms with Crippen LogP contribution in [0.3, 0.4) is 0 Å². The summed E-state index contributed by atoms with van der Waals surface area (Å²) in [6.07, 6.45) is 0. The first-order chi connectivity index (χ1) is 12.7. The van der Waals surface area contributed by atoms with E-state index < -0.39 is 22.8 Å². The van der Waals surface area contributed by atoms with Crippen molar-refractivity contribution in [3.63, 3.8) is 0 Å². The van der Waals surface area contributed by atoms with E-state index in [1.165, 1.54) is 7.11 Å². The maximum absolute atomic E-state index is 12.5. The molecule has 8 heteroatoms. The van der Waals surface area contributed by atoms with Crippen molar-refractivity contribution in [2.24, 2.45) is 0 Å².